The normalized spacial score (nSPS) is 17.8. The molecule has 33 heavy (non-hydrogen) atoms. The maximum absolute atomic E-state index is 12.5. The van der Waals surface area contributed by atoms with E-state index in [0.717, 1.165) is 28.7 Å². The highest BCUT2D eigenvalue weighted by Gasteiger charge is 2.32. The minimum Gasteiger partial charge on any atom is -0.481 e. The van der Waals surface area contributed by atoms with Crippen LogP contribution in [-0.2, 0) is 14.3 Å². The molecule has 174 valence electrons. The smallest absolute Gasteiger partial charge is 0.407 e. The summed E-state index contributed by atoms with van der Waals surface area (Å²) >= 11 is 0. The number of ether oxygens (including phenoxy) is 1. The van der Waals surface area contributed by atoms with Crippen LogP contribution in [0.15, 0.2) is 48.5 Å². The summed E-state index contributed by atoms with van der Waals surface area (Å²) in [5, 5.41) is 21.7. The third kappa shape index (κ3) is 5.17. The minimum atomic E-state index is -1.08. The van der Waals surface area contributed by atoms with Gasteiger partial charge in [0, 0.05) is 25.0 Å². The number of hydrogen-bond acceptors (Lipinski definition) is 5. The highest BCUT2D eigenvalue weighted by atomic mass is 16.5. The van der Waals surface area contributed by atoms with E-state index in [2.05, 4.69) is 17.4 Å². The summed E-state index contributed by atoms with van der Waals surface area (Å²) in [6.07, 6.45) is -0.624. The highest BCUT2D eigenvalue weighted by Crippen LogP contribution is 2.44. The Kier molecular flexibility index (Phi) is 6.93. The van der Waals surface area contributed by atoms with Gasteiger partial charge in [-0.2, -0.15) is 0 Å². The van der Waals surface area contributed by atoms with Gasteiger partial charge >= 0.3 is 12.1 Å². The minimum absolute atomic E-state index is 0.0593. The van der Waals surface area contributed by atoms with E-state index in [1.54, 1.807) is 0 Å². The van der Waals surface area contributed by atoms with E-state index in [4.69, 9.17) is 9.84 Å². The van der Waals surface area contributed by atoms with Crippen molar-refractivity contribution in [3.8, 4) is 11.1 Å². The molecule has 0 bridgehead atoms. The lowest BCUT2D eigenvalue weighted by molar-refractivity contribution is -0.140. The lowest BCUT2D eigenvalue weighted by Crippen LogP contribution is -2.41. The summed E-state index contributed by atoms with van der Waals surface area (Å²) in [6, 6.07) is 15.8. The molecule has 0 saturated carbocycles. The lowest BCUT2D eigenvalue weighted by atomic mass is 9.98. The third-order valence-electron chi connectivity index (χ3n) is 6.34. The Morgan fingerprint density at radius 1 is 1.06 bits per heavy atom. The van der Waals surface area contributed by atoms with Crippen LogP contribution < -0.4 is 5.32 Å². The first-order valence-electron chi connectivity index (χ1n) is 11.2. The van der Waals surface area contributed by atoms with Crippen LogP contribution in [0.2, 0.25) is 0 Å². The van der Waals surface area contributed by atoms with Crippen molar-refractivity contribution >= 4 is 18.0 Å². The van der Waals surface area contributed by atoms with Crippen molar-refractivity contribution in [3.05, 3.63) is 59.7 Å². The van der Waals surface area contributed by atoms with E-state index in [1.165, 1.54) is 4.90 Å². The lowest BCUT2D eigenvalue weighted by Gasteiger charge is -2.24. The number of carboxylic acid groups (broad SMARTS) is 1. The second-order valence-corrected chi connectivity index (χ2v) is 8.55. The highest BCUT2D eigenvalue weighted by molar-refractivity contribution is 5.79. The molecule has 1 aliphatic heterocycles. The predicted molar refractivity (Wildman–Crippen MR) is 121 cm³/mol. The summed E-state index contributed by atoms with van der Waals surface area (Å²) in [6.45, 7) is 0.530. The number of carbonyl (C=O) groups excluding carboxylic acids is 2. The number of aliphatic hydroxyl groups excluding tert-OH is 1. The van der Waals surface area contributed by atoms with E-state index in [1.807, 2.05) is 36.4 Å². The SMILES string of the molecule is O=C(O)CC1CCCN1C(=O)CC(O)CNC(=O)OCC1c2ccccc2-c2ccccc21. The van der Waals surface area contributed by atoms with Crippen molar-refractivity contribution in [2.45, 2.75) is 43.7 Å². The molecule has 8 heteroatoms. The summed E-state index contributed by atoms with van der Waals surface area (Å²) in [5.41, 5.74) is 4.50. The molecular formula is C25H28N2O6. The molecule has 2 atom stereocenters. The quantitative estimate of drug-likeness (QED) is 0.567. The topological polar surface area (TPSA) is 116 Å². The standard InChI is InChI=1S/C25H28N2O6/c28-17(13-23(29)27-11-5-6-16(27)12-24(30)31)14-26-25(32)33-15-22-20-9-3-1-7-18(20)19-8-2-4-10-21(19)22/h1-4,7-10,16-17,22,28H,5-6,11-15H2,(H,26,32)(H,30,31). The van der Waals surface area contributed by atoms with E-state index >= 15 is 0 Å². The van der Waals surface area contributed by atoms with Crippen LogP contribution in [-0.4, -0.2) is 64.9 Å². The molecule has 2 amide bonds. The number of carboxylic acids is 1. The Morgan fingerprint density at radius 3 is 2.33 bits per heavy atom. The predicted octanol–water partition coefficient (Wildman–Crippen LogP) is 2.74. The Morgan fingerprint density at radius 2 is 1.70 bits per heavy atom. The molecule has 2 aliphatic rings. The van der Waals surface area contributed by atoms with E-state index in [0.29, 0.717) is 13.0 Å². The number of aliphatic carboxylic acids is 1. The fraction of sp³-hybridized carbons (Fsp3) is 0.400. The molecule has 0 spiro atoms. The fourth-order valence-electron chi connectivity index (χ4n) is 4.82. The zero-order valence-electron chi connectivity index (χ0n) is 18.3. The third-order valence-corrected chi connectivity index (χ3v) is 6.34. The van der Waals surface area contributed by atoms with Crippen LogP contribution in [0.25, 0.3) is 11.1 Å². The molecular weight excluding hydrogens is 424 g/mol. The first kappa shape index (κ1) is 22.8. The van der Waals surface area contributed by atoms with E-state index in [9.17, 15) is 19.5 Å². The summed E-state index contributed by atoms with van der Waals surface area (Å²) in [4.78, 5) is 37.2. The number of fused-ring (bicyclic) bond motifs is 3. The molecule has 1 saturated heterocycles. The number of amides is 2. The van der Waals surface area contributed by atoms with Crippen LogP contribution in [0.3, 0.4) is 0 Å². The molecule has 2 unspecified atom stereocenters. The second-order valence-electron chi connectivity index (χ2n) is 8.55. The van der Waals surface area contributed by atoms with Crippen LogP contribution in [0.1, 0.15) is 42.7 Å². The zero-order valence-corrected chi connectivity index (χ0v) is 18.3. The first-order chi connectivity index (χ1) is 15.9. The van der Waals surface area contributed by atoms with Crippen molar-refractivity contribution in [2.24, 2.45) is 0 Å². The molecule has 8 nitrogen and oxygen atoms in total. The van der Waals surface area contributed by atoms with Gasteiger partial charge in [-0.3, -0.25) is 9.59 Å². The molecule has 4 rings (SSSR count). The van der Waals surface area contributed by atoms with Crippen molar-refractivity contribution < 1.29 is 29.3 Å². The second kappa shape index (κ2) is 10.0. The Balaban J connectivity index is 1.25. The largest absolute Gasteiger partial charge is 0.481 e. The molecule has 3 N–H and O–H groups in total. The number of carbonyl (C=O) groups is 3. The van der Waals surface area contributed by atoms with Crippen LogP contribution >= 0.6 is 0 Å². The number of aliphatic hydroxyl groups is 1. The molecule has 1 aliphatic carbocycles. The van der Waals surface area contributed by atoms with Gasteiger partial charge in [-0.25, -0.2) is 4.79 Å². The van der Waals surface area contributed by atoms with Gasteiger partial charge < -0.3 is 25.2 Å². The monoisotopic (exact) mass is 452 g/mol. The number of nitrogens with one attached hydrogen (secondary N) is 1. The van der Waals surface area contributed by atoms with Gasteiger partial charge in [0.2, 0.25) is 5.91 Å². The van der Waals surface area contributed by atoms with Crippen LogP contribution in [0.4, 0.5) is 4.79 Å². The van der Waals surface area contributed by atoms with Crippen molar-refractivity contribution in [1.82, 2.24) is 10.2 Å². The molecule has 1 fully saturated rings. The van der Waals surface area contributed by atoms with Gasteiger partial charge in [-0.15, -0.1) is 0 Å². The molecule has 0 radical (unpaired) electrons. The number of rotatable bonds is 8. The van der Waals surface area contributed by atoms with Gasteiger partial charge in [0.25, 0.3) is 0 Å². The van der Waals surface area contributed by atoms with Gasteiger partial charge in [0.1, 0.15) is 6.61 Å². The van der Waals surface area contributed by atoms with Gasteiger partial charge in [-0.05, 0) is 35.1 Å². The molecule has 1 heterocycles. The fourth-order valence-corrected chi connectivity index (χ4v) is 4.82. The average molecular weight is 453 g/mol. The summed E-state index contributed by atoms with van der Waals surface area (Å²) in [5.74, 6) is -1.31. The molecule has 2 aromatic rings. The molecule has 2 aromatic carbocycles. The van der Waals surface area contributed by atoms with E-state index < -0.39 is 18.2 Å². The average Bonchev–Trinajstić information content (AvgIpc) is 3.38. The van der Waals surface area contributed by atoms with Crippen molar-refractivity contribution in [2.75, 3.05) is 19.7 Å². The Labute approximate surface area is 192 Å². The number of benzene rings is 2. The number of hydrogen-bond donors (Lipinski definition) is 3. The summed E-state index contributed by atoms with van der Waals surface area (Å²) in [7, 11) is 0. The van der Waals surface area contributed by atoms with Crippen molar-refractivity contribution in [3.63, 3.8) is 0 Å². The van der Waals surface area contributed by atoms with Gasteiger partial charge in [0.05, 0.1) is 18.9 Å². The number of likely N-dealkylation sites (tertiary alicyclic amines) is 1. The van der Waals surface area contributed by atoms with Crippen molar-refractivity contribution in [1.29, 1.82) is 0 Å². The number of nitrogens with zero attached hydrogens (tertiary/aromatic N) is 1. The maximum atomic E-state index is 12.5. The van der Waals surface area contributed by atoms with Crippen LogP contribution in [0.5, 0.6) is 0 Å². The maximum Gasteiger partial charge on any atom is 0.407 e. The summed E-state index contributed by atoms with van der Waals surface area (Å²) < 4.78 is 5.43. The van der Waals surface area contributed by atoms with Gasteiger partial charge in [0.15, 0.2) is 0 Å². The first-order valence-corrected chi connectivity index (χ1v) is 11.2. The Hall–Kier alpha value is -3.39. The zero-order chi connectivity index (χ0) is 23.4. The van der Waals surface area contributed by atoms with Crippen LogP contribution in [0, 0.1) is 0 Å². The number of alkyl carbamates (subject to hydrolysis) is 1. The van der Waals surface area contributed by atoms with Gasteiger partial charge in [-0.1, -0.05) is 48.5 Å². The molecule has 0 aromatic heterocycles. The Bertz CT molecular complexity index is 994. The van der Waals surface area contributed by atoms with E-state index in [-0.39, 0.29) is 43.9 Å².